The SMILES string of the molecule is CCC(C)[Si](OC)(C(C)CC)C1CCCCC1. The molecule has 0 amide bonds. The summed E-state index contributed by atoms with van der Waals surface area (Å²) in [6, 6.07) is 0. The zero-order chi connectivity index (χ0) is 12.9. The molecule has 0 spiro atoms. The minimum atomic E-state index is -1.58. The minimum absolute atomic E-state index is 0.811. The van der Waals surface area contributed by atoms with E-state index >= 15 is 0 Å². The number of rotatable bonds is 6. The zero-order valence-corrected chi connectivity index (χ0v) is 13.6. The van der Waals surface area contributed by atoms with Gasteiger partial charge < -0.3 is 4.43 Å². The molecule has 0 bridgehead atoms. The highest BCUT2D eigenvalue weighted by Gasteiger charge is 2.49. The fourth-order valence-corrected chi connectivity index (χ4v) is 10.4. The average Bonchev–Trinajstić information content (AvgIpc) is 2.40. The Kier molecular flexibility index (Phi) is 6.22. The van der Waals surface area contributed by atoms with Crippen LogP contribution in [0.1, 0.15) is 72.6 Å². The van der Waals surface area contributed by atoms with Crippen LogP contribution in [0.3, 0.4) is 0 Å². The van der Waals surface area contributed by atoms with Crippen molar-refractivity contribution in [2.24, 2.45) is 0 Å². The van der Waals surface area contributed by atoms with Crippen LogP contribution in [0.4, 0.5) is 0 Å². The maximum Gasteiger partial charge on any atom is 0.200 e. The fourth-order valence-electron chi connectivity index (χ4n) is 4.05. The van der Waals surface area contributed by atoms with Crippen molar-refractivity contribution in [3.05, 3.63) is 0 Å². The highest BCUT2D eigenvalue weighted by atomic mass is 28.4. The van der Waals surface area contributed by atoms with Gasteiger partial charge >= 0.3 is 0 Å². The lowest BCUT2D eigenvalue weighted by molar-refractivity contribution is 0.324. The number of hydrogen-bond acceptors (Lipinski definition) is 1. The molecule has 1 aliphatic rings. The van der Waals surface area contributed by atoms with E-state index in [1.165, 1.54) is 44.9 Å². The Morgan fingerprint density at radius 1 is 1.00 bits per heavy atom. The molecule has 1 nitrogen and oxygen atoms in total. The summed E-state index contributed by atoms with van der Waals surface area (Å²) in [7, 11) is 0.438. The first-order valence-corrected chi connectivity index (χ1v) is 9.82. The van der Waals surface area contributed by atoms with Gasteiger partial charge in [0.25, 0.3) is 0 Å². The molecule has 0 heterocycles. The molecule has 0 aromatic heterocycles. The Labute approximate surface area is 109 Å². The van der Waals surface area contributed by atoms with Gasteiger partial charge in [-0.15, -0.1) is 0 Å². The number of hydrogen-bond donors (Lipinski definition) is 0. The molecule has 2 heteroatoms. The van der Waals surface area contributed by atoms with Crippen LogP contribution in [0, 0.1) is 0 Å². The zero-order valence-electron chi connectivity index (χ0n) is 12.6. The third kappa shape index (κ3) is 2.95. The van der Waals surface area contributed by atoms with Crippen molar-refractivity contribution in [3.8, 4) is 0 Å². The van der Waals surface area contributed by atoms with Crippen molar-refractivity contribution in [2.75, 3.05) is 7.11 Å². The molecule has 0 radical (unpaired) electrons. The van der Waals surface area contributed by atoms with E-state index in [1.807, 2.05) is 7.11 Å². The van der Waals surface area contributed by atoms with Gasteiger partial charge in [-0.1, -0.05) is 72.6 Å². The summed E-state index contributed by atoms with van der Waals surface area (Å²) in [5.74, 6) is 0. The maximum absolute atomic E-state index is 6.32. The summed E-state index contributed by atoms with van der Waals surface area (Å²) in [6.45, 7) is 9.60. The molecular weight excluding hydrogens is 224 g/mol. The van der Waals surface area contributed by atoms with Crippen LogP contribution in [0.2, 0.25) is 16.6 Å². The Balaban J connectivity index is 2.95. The molecule has 0 saturated heterocycles. The predicted molar refractivity (Wildman–Crippen MR) is 79.0 cm³/mol. The van der Waals surface area contributed by atoms with Crippen LogP contribution < -0.4 is 0 Å². The van der Waals surface area contributed by atoms with E-state index in [1.54, 1.807) is 0 Å². The third-order valence-electron chi connectivity index (χ3n) is 5.36. The van der Waals surface area contributed by atoms with Gasteiger partial charge in [-0.05, 0) is 16.6 Å². The molecule has 2 atom stereocenters. The lowest BCUT2D eigenvalue weighted by Gasteiger charge is -2.47. The van der Waals surface area contributed by atoms with E-state index in [0.717, 1.165) is 16.6 Å². The molecule has 1 fully saturated rings. The first kappa shape index (κ1) is 15.2. The first-order chi connectivity index (χ1) is 8.13. The molecular formula is C15H32OSi. The summed E-state index contributed by atoms with van der Waals surface area (Å²) < 4.78 is 6.32. The van der Waals surface area contributed by atoms with Gasteiger partial charge in [0.15, 0.2) is 0 Å². The quantitative estimate of drug-likeness (QED) is 0.569. The van der Waals surface area contributed by atoms with Crippen molar-refractivity contribution in [1.29, 1.82) is 0 Å². The molecule has 0 aromatic carbocycles. The minimum Gasteiger partial charge on any atom is -0.419 e. The molecule has 1 aliphatic carbocycles. The van der Waals surface area contributed by atoms with Crippen molar-refractivity contribution >= 4 is 8.32 Å². The van der Waals surface area contributed by atoms with E-state index in [0.29, 0.717) is 0 Å². The molecule has 1 rings (SSSR count). The Hall–Kier alpha value is 0.177. The van der Waals surface area contributed by atoms with Crippen LogP contribution in [-0.2, 0) is 4.43 Å². The van der Waals surface area contributed by atoms with Crippen LogP contribution >= 0.6 is 0 Å². The maximum atomic E-state index is 6.32. The lowest BCUT2D eigenvalue weighted by Crippen LogP contribution is -2.50. The highest BCUT2D eigenvalue weighted by Crippen LogP contribution is 2.50. The summed E-state index contributed by atoms with van der Waals surface area (Å²) in [6.07, 6.45) is 9.79. The topological polar surface area (TPSA) is 9.23 Å². The summed E-state index contributed by atoms with van der Waals surface area (Å²) in [5.41, 5.74) is 2.54. The summed E-state index contributed by atoms with van der Waals surface area (Å²) >= 11 is 0. The van der Waals surface area contributed by atoms with Gasteiger partial charge in [0.2, 0.25) is 8.32 Å². The molecule has 17 heavy (non-hydrogen) atoms. The van der Waals surface area contributed by atoms with Crippen molar-refractivity contribution in [3.63, 3.8) is 0 Å². The fraction of sp³-hybridized carbons (Fsp3) is 1.00. The van der Waals surface area contributed by atoms with E-state index in [4.69, 9.17) is 4.43 Å². The van der Waals surface area contributed by atoms with Crippen molar-refractivity contribution in [2.45, 2.75) is 89.3 Å². The van der Waals surface area contributed by atoms with Gasteiger partial charge in [0.05, 0.1) is 0 Å². The van der Waals surface area contributed by atoms with Crippen molar-refractivity contribution in [1.82, 2.24) is 0 Å². The van der Waals surface area contributed by atoms with E-state index in [-0.39, 0.29) is 0 Å². The summed E-state index contributed by atoms with van der Waals surface area (Å²) in [4.78, 5) is 0. The lowest BCUT2D eigenvalue weighted by atomic mass is 10.0. The Morgan fingerprint density at radius 2 is 1.47 bits per heavy atom. The predicted octanol–water partition coefficient (Wildman–Crippen LogP) is 5.51. The van der Waals surface area contributed by atoms with Gasteiger partial charge in [0.1, 0.15) is 0 Å². The van der Waals surface area contributed by atoms with E-state index in [2.05, 4.69) is 27.7 Å². The molecule has 0 aromatic rings. The molecule has 2 unspecified atom stereocenters. The Morgan fingerprint density at radius 3 is 1.82 bits per heavy atom. The highest BCUT2D eigenvalue weighted by molar-refractivity contribution is 6.78. The summed E-state index contributed by atoms with van der Waals surface area (Å²) in [5, 5.41) is 0. The second-order valence-electron chi connectivity index (χ2n) is 6.01. The second kappa shape index (κ2) is 6.94. The standard InChI is InChI=1S/C15H32OSi/c1-6-13(3)17(16-5,14(4)7-2)15-11-9-8-10-12-15/h13-15H,6-12H2,1-5H3. The average molecular weight is 257 g/mol. The smallest absolute Gasteiger partial charge is 0.200 e. The van der Waals surface area contributed by atoms with Gasteiger partial charge in [-0.3, -0.25) is 0 Å². The van der Waals surface area contributed by atoms with Crippen LogP contribution in [-0.4, -0.2) is 15.4 Å². The van der Waals surface area contributed by atoms with E-state index < -0.39 is 8.32 Å². The van der Waals surface area contributed by atoms with Crippen LogP contribution in [0.25, 0.3) is 0 Å². The van der Waals surface area contributed by atoms with Gasteiger partial charge in [0, 0.05) is 7.11 Å². The van der Waals surface area contributed by atoms with Crippen LogP contribution in [0.15, 0.2) is 0 Å². The second-order valence-corrected chi connectivity index (χ2v) is 10.9. The van der Waals surface area contributed by atoms with Gasteiger partial charge in [-0.2, -0.15) is 0 Å². The molecule has 102 valence electrons. The molecule has 1 saturated carbocycles. The monoisotopic (exact) mass is 256 g/mol. The van der Waals surface area contributed by atoms with Crippen LogP contribution in [0.5, 0.6) is 0 Å². The normalized spacial score (nSPS) is 25.2. The Bertz CT molecular complexity index is 201. The van der Waals surface area contributed by atoms with E-state index in [9.17, 15) is 0 Å². The first-order valence-electron chi connectivity index (χ1n) is 7.68. The van der Waals surface area contributed by atoms with Crippen molar-refractivity contribution < 1.29 is 4.43 Å². The molecule has 0 aliphatic heterocycles. The third-order valence-corrected chi connectivity index (χ3v) is 11.8. The molecule has 0 N–H and O–H groups in total. The van der Waals surface area contributed by atoms with Gasteiger partial charge in [-0.25, -0.2) is 0 Å². The largest absolute Gasteiger partial charge is 0.419 e.